The maximum atomic E-state index is 11.3. The van der Waals surface area contributed by atoms with Crippen molar-refractivity contribution < 1.29 is 24.2 Å². The molecule has 1 aromatic rings. The maximum Gasteiger partial charge on any atom is 0.511 e. The first-order valence-corrected chi connectivity index (χ1v) is 4.49. The molecule has 0 aliphatic carbocycles. The number of ether oxygens (including phenoxy) is 1. The molecule has 0 saturated carbocycles. The third kappa shape index (κ3) is 2.44. The molecule has 5 nitrogen and oxygen atoms in total. The predicted molar refractivity (Wildman–Crippen MR) is 55.1 cm³/mol. The van der Waals surface area contributed by atoms with Crippen LogP contribution in [0, 0.1) is 0 Å². The molecule has 0 radical (unpaired) electrons. The first-order chi connectivity index (χ1) is 7.43. The van der Waals surface area contributed by atoms with E-state index in [9.17, 15) is 14.4 Å². The van der Waals surface area contributed by atoms with Crippen LogP contribution in [-0.2, 0) is 0 Å². The molecule has 0 atom stereocenters. The van der Waals surface area contributed by atoms with Crippen LogP contribution in [0.5, 0.6) is 5.75 Å². The average molecular weight is 222 g/mol. The van der Waals surface area contributed by atoms with Crippen LogP contribution in [0.3, 0.4) is 0 Å². The lowest BCUT2D eigenvalue weighted by Crippen LogP contribution is -2.11. The van der Waals surface area contributed by atoms with E-state index in [4.69, 9.17) is 5.11 Å². The zero-order valence-corrected chi connectivity index (χ0v) is 8.81. The lowest BCUT2D eigenvalue weighted by atomic mass is 10.0. The van der Waals surface area contributed by atoms with Gasteiger partial charge in [-0.15, -0.1) is 0 Å². The summed E-state index contributed by atoms with van der Waals surface area (Å²) in [6.45, 7) is 2.54. The van der Waals surface area contributed by atoms with E-state index in [2.05, 4.69) is 4.74 Å². The van der Waals surface area contributed by atoms with Crippen LogP contribution in [0.1, 0.15) is 34.6 Å². The van der Waals surface area contributed by atoms with E-state index in [1.807, 2.05) is 0 Å². The number of hydrogen-bond acceptors (Lipinski definition) is 4. The number of benzene rings is 1. The van der Waals surface area contributed by atoms with Gasteiger partial charge in [0, 0.05) is 5.56 Å². The van der Waals surface area contributed by atoms with Gasteiger partial charge in [-0.2, -0.15) is 0 Å². The molecule has 5 heteroatoms. The van der Waals surface area contributed by atoms with Gasteiger partial charge in [0.15, 0.2) is 11.6 Å². The highest BCUT2D eigenvalue weighted by atomic mass is 16.7. The van der Waals surface area contributed by atoms with Crippen molar-refractivity contribution in [1.29, 1.82) is 0 Å². The zero-order valence-electron chi connectivity index (χ0n) is 8.81. The predicted octanol–water partition coefficient (Wildman–Crippen LogP) is 2.15. The van der Waals surface area contributed by atoms with Crippen molar-refractivity contribution in [2.45, 2.75) is 13.8 Å². The highest BCUT2D eigenvalue weighted by Gasteiger charge is 2.18. The molecule has 0 fully saturated rings. The second-order valence-electron chi connectivity index (χ2n) is 3.16. The topological polar surface area (TPSA) is 80.7 Å². The van der Waals surface area contributed by atoms with Crippen LogP contribution in [0.4, 0.5) is 4.79 Å². The molecule has 0 spiro atoms. The molecule has 16 heavy (non-hydrogen) atoms. The summed E-state index contributed by atoms with van der Waals surface area (Å²) < 4.78 is 4.44. The van der Waals surface area contributed by atoms with Gasteiger partial charge >= 0.3 is 6.16 Å². The van der Waals surface area contributed by atoms with E-state index >= 15 is 0 Å². The van der Waals surface area contributed by atoms with E-state index in [0.717, 1.165) is 0 Å². The number of Topliss-reactive ketones (excluding diaryl/α,β-unsaturated/α-hetero) is 2. The summed E-state index contributed by atoms with van der Waals surface area (Å²) in [5, 5.41) is 8.48. The Balaban J connectivity index is 3.38. The molecular formula is C11H10O5. The van der Waals surface area contributed by atoms with Crippen LogP contribution >= 0.6 is 0 Å². The van der Waals surface area contributed by atoms with Gasteiger partial charge in [-0.05, 0) is 19.9 Å². The van der Waals surface area contributed by atoms with Crippen molar-refractivity contribution in [2.75, 3.05) is 0 Å². The van der Waals surface area contributed by atoms with Gasteiger partial charge in [0.05, 0.1) is 5.56 Å². The second-order valence-corrected chi connectivity index (χ2v) is 3.16. The minimum atomic E-state index is -1.52. The minimum Gasteiger partial charge on any atom is -0.449 e. The molecule has 0 heterocycles. The second kappa shape index (κ2) is 4.57. The Labute approximate surface area is 91.6 Å². The maximum absolute atomic E-state index is 11.3. The first kappa shape index (κ1) is 11.9. The Hall–Kier alpha value is -2.17. The summed E-state index contributed by atoms with van der Waals surface area (Å²) in [4.78, 5) is 33.0. The summed E-state index contributed by atoms with van der Waals surface area (Å²) in [7, 11) is 0. The van der Waals surface area contributed by atoms with Gasteiger partial charge in [-0.25, -0.2) is 4.79 Å². The van der Waals surface area contributed by atoms with Crippen molar-refractivity contribution in [3.05, 3.63) is 29.3 Å². The molecule has 0 bridgehead atoms. The monoisotopic (exact) mass is 222 g/mol. The van der Waals surface area contributed by atoms with E-state index < -0.39 is 11.9 Å². The molecule has 1 rings (SSSR count). The normalized spacial score (nSPS) is 9.62. The summed E-state index contributed by atoms with van der Waals surface area (Å²) in [6, 6.07) is 4.24. The summed E-state index contributed by atoms with van der Waals surface area (Å²) >= 11 is 0. The molecule has 1 aromatic carbocycles. The van der Waals surface area contributed by atoms with Crippen LogP contribution in [-0.4, -0.2) is 22.8 Å². The number of carbonyl (C=O) groups excluding carboxylic acids is 2. The van der Waals surface area contributed by atoms with Gasteiger partial charge in [-0.3, -0.25) is 9.59 Å². The fourth-order valence-corrected chi connectivity index (χ4v) is 1.37. The van der Waals surface area contributed by atoms with Crippen molar-refractivity contribution >= 4 is 17.7 Å². The Kier molecular flexibility index (Phi) is 3.40. The lowest BCUT2D eigenvalue weighted by Gasteiger charge is -2.08. The third-order valence-electron chi connectivity index (χ3n) is 1.95. The molecule has 0 aliphatic heterocycles. The SMILES string of the molecule is CC(=O)c1cccc(OC(=O)O)c1C(C)=O. The van der Waals surface area contributed by atoms with Gasteiger partial charge < -0.3 is 9.84 Å². The molecule has 0 amide bonds. The van der Waals surface area contributed by atoms with Crippen molar-refractivity contribution in [2.24, 2.45) is 0 Å². The van der Waals surface area contributed by atoms with Crippen LogP contribution < -0.4 is 4.74 Å². The van der Waals surface area contributed by atoms with Gasteiger partial charge in [0.1, 0.15) is 5.75 Å². The first-order valence-electron chi connectivity index (χ1n) is 4.49. The van der Waals surface area contributed by atoms with E-state index in [1.54, 1.807) is 0 Å². The van der Waals surface area contributed by atoms with Crippen LogP contribution in [0.25, 0.3) is 0 Å². The van der Waals surface area contributed by atoms with Gasteiger partial charge in [-0.1, -0.05) is 12.1 Å². The summed E-state index contributed by atoms with van der Waals surface area (Å²) in [6.07, 6.45) is -1.52. The number of carboxylic acid groups (broad SMARTS) is 1. The van der Waals surface area contributed by atoms with Crippen LogP contribution in [0.15, 0.2) is 18.2 Å². The molecule has 0 aromatic heterocycles. The van der Waals surface area contributed by atoms with Crippen molar-refractivity contribution in [1.82, 2.24) is 0 Å². The molecule has 84 valence electrons. The van der Waals surface area contributed by atoms with E-state index in [-0.39, 0.29) is 22.7 Å². The Morgan fingerprint density at radius 2 is 1.75 bits per heavy atom. The molecular weight excluding hydrogens is 212 g/mol. The molecule has 0 aliphatic rings. The quantitative estimate of drug-likeness (QED) is 0.481. The van der Waals surface area contributed by atoms with Crippen molar-refractivity contribution in [3.8, 4) is 5.75 Å². The average Bonchev–Trinajstić information content (AvgIpc) is 2.15. The third-order valence-corrected chi connectivity index (χ3v) is 1.95. The van der Waals surface area contributed by atoms with Crippen LogP contribution in [0.2, 0.25) is 0 Å². The largest absolute Gasteiger partial charge is 0.511 e. The number of ketones is 2. The highest BCUT2D eigenvalue weighted by Crippen LogP contribution is 2.23. The standard InChI is InChI=1S/C11H10O5/c1-6(12)8-4-3-5-9(16-11(14)15)10(8)7(2)13/h3-5H,1-2H3,(H,14,15). The fraction of sp³-hybridized carbons (Fsp3) is 0.182. The summed E-state index contributed by atoms with van der Waals surface area (Å²) in [5.41, 5.74) is 0.156. The molecule has 1 N–H and O–H groups in total. The smallest absolute Gasteiger partial charge is 0.449 e. The van der Waals surface area contributed by atoms with Crippen molar-refractivity contribution in [3.63, 3.8) is 0 Å². The van der Waals surface area contributed by atoms with E-state index in [1.165, 1.54) is 32.0 Å². The van der Waals surface area contributed by atoms with Gasteiger partial charge in [0.25, 0.3) is 0 Å². The molecule has 0 unspecified atom stereocenters. The number of rotatable bonds is 3. The fourth-order valence-electron chi connectivity index (χ4n) is 1.37. The van der Waals surface area contributed by atoms with Gasteiger partial charge in [0.2, 0.25) is 0 Å². The summed E-state index contributed by atoms with van der Waals surface area (Å²) in [5.74, 6) is -0.851. The molecule has 0 saturated heterocycles. The minimum absolute atomic E-state index is 0.00241. The lowest BCUT2D eigenvalue weighted by molar-refractivity contribution is 0.0976. The van der Waals surface area contributed by atoms with E-state index in [0.29, 0.717) is 0 Å². The number of carbonyl (C=O) groups is 3. The Morgan fingerprint density at radius 1 is 1.12 bits per heavy atom. The Morgan fingerprint density at radius 3 is 2.19 bits per heavy atom. The zero-order chi connectivity index (χ0) is 12.3. The highest BCUT2D eigenvalue weighted by molar-refractivity contribution is 6.09. The number of hydrogen-bond donors (Lipinski definition) is 1. The Bertz CT molecular complexity index is 461.